The molecule has 3 aromatic rings. The van der Waals surface area contributed by atoms with Crippen molar-refractivity contribution < 1.29 is 13.3 Å². The standard InChI is InChI=1S/C14H9F2N3O/c15-8-4-5-10(16)9(7-8)13-12(14(17)19-20-13)11-3-1-2-6-18-11/h1-7H,(H2,17,19). The fourth-order valence-corrected chi connectivity index (χ4v) is 1.92. The molecule has 0 fully saturated rings. The molecule has 3 rings (SSSR count). The van der Waals surface area contributed by atoms with Crippen molar-refractivity contribution in [2.75, 3.05) is 5.73 Å². The lowest BCUT2D eigenvalue weighted by Gasteiger charge is -2.03. The number of pyridine rings is 1. The third kappa shape index (κ3) is 2.01. The van der Waals surface area contributed by atoms with Gasteiger partial charge in [0, 0.05) is 6.20 Å². The van der Waals surface area contributed by atoms with Crippen molar-refractivity contribution >= 4 is 5.82 Å². The van der Waals surface area contributed by atoms with E-state index in [9.17, 15) is 8.78 Å². The summed E-state index contributed by atoms with van der Waals surface area (Å²) in [7, 11) is 0. The van der Waals surface area contributed by atoms with Crippen LogP contribution in [0.2, 0.25) is 0 Å². The molecule has 0 saturated heterocycles. The summed E-state index contributed by atoms with van der Waals surface area (Å²) in [6, 6.07) is 8.24. The molecule has 6 heteroatoms. The van der Waals surface area contributed by atoms with Gasteiger partial charge in [0.15, 0.2) is 11.6 Å². The lowest BCUT2D eigenvalue weighted by molar-refractivity contribution is 0.433. The van der Waals surface area contributed by atoms with Crippen molar-refractivity contribution in [3.8, 4) is 22.6 Å². The maximum absolute atomic E-state index is 13.8. The Morgan fingerprint density at radius 1 is 1.10 bits per heavy atom. The van der Waals surface area contributed by atoms with Gasteiger partial charge in [-0.25, -0.2) is 8.78 Å². The van der Waals surface area contributed by atoms with E-state index in [0.717, 1.165) is 18.2 Å². The van der Waals surface area contributed by atoms with Gasteiger partial charge in [-0.15, -0.1) is 0 Å². The number of nitrogen functional groups attached to an aromatic ring is 1. The molecule has 20 heavy (non-hydrogen) atoms. The molecule has 4 nitrogen and oxygen atoms in total. The van der Waals surface area contributed by atoms with Gasteiger partial charge in [0.2, 0.25) is 0 Å². The van der Waals surface area contributed by atoms with E-state index in [2.05, 4.69) is 10.1 Å². The third-order valence-corrected chi connectivity index (χ3v) is 2.81. The summed E-state index contributed by atoms with van der Waals surface area (Å²) in [5, 5.41) is 3.61. The van der Waals surface area contributed by atoms with E-state index >= 15 is 0 Å². The number of benzene rings is 1. The minimum absolute atomic E-state index is 0.0464. The van der Waals surface area contributed by atoms with Crippen molar-refractivity contribution in [3.63, 3.8) is 0 Å². The molecule has 0 radical (unpaired) electrons. The summed E-state index contributed by atoms with van der Waals surface area (Å²) in [4.78, 5) is 4.12. The largest absolute Gasteiger partial charge is 0.380 e. The molecule has 0 aliphatic heterocycles. The van der Waals surface area contributed by atoms with Gasteiger partial charge in [0.25, 0.3) is 0 Å². The first kappa shape index (κ1) is 12.3. The Hall–Kier alpha value is -2.76. The average Bonchev–Trinajstić information content (AvgIpc) is 2.84. The van der Waals surface area contributed by atoms with Crippen LogP contribution in [0.1, 0.15) is 0 Å². The summed E-state index contributed by atoms with van der Waals surface area (Å²) in [5.74, 6) is -1.08. The van der Waals surface area contributed by atoms with Crippen LogP contribution < -0.4 is 5.73 Å². The van der Waals surface area contributed by atoms with Gasteiger partial charge in [-0.1, -0.05) is 11.2 Å². The Kier molecular flexibility index (Phi) is 2.90. The Balaban J connectivity index is 2.24. The van der Waals surface area contributed by atoms with E-state index in [-0.39, 0.29) is 17.1 Å². The van der Waals surface area contributed by atoms with Gasteiger partial charge in [0.05, 0.1) is 16.8 Å². The van der Waals surface area contributed by atoms with Gasteiger partial charge < -0.3 is 10.3 Å². The van der Waals surface area contributed by atoms with Gasteiger partial charge in [0.1, 0.15) is 11.6 Å². The zero-order chi connectivity index (χ0) is 14.1. The van der Waals surface area contributed by atoms with E-state index in [1.165, 1.54) is 0 Å². The molecule has 0 atom stereocenters. The van der Waals surface area contributed by atoms with Crippen LogP contribution in [0.4, 0.5) is 14.6 Å². The van der Waals surface area contributed by atoms with Crippen LogP contribution in [0.5, 0.6) is 0 Å². The first-order valence-corrected chi connectivity index (χ1v) is 5.79. The lowest BCUT2D eigenvalue weighted by Crippen LogP contribution is -1.92. The summed E-state index contributed by atoms with van der Waals surface area (Å²) in [5.41, 5.74) is 6.51. The number of rotatable bonds is 2. The molecule has 2 N–H and O–H groups in total. The van der Waals surface area contributed by atoms with Gasteiger partial charge in [-0.2, -0.15) is 0 Å². The summed E-state index contributed by atoms with van der Waals surface area (Å²) in [6.07, 6.45) is 1.56. The van der Waals surface area contributed by atoms with Crippen LogP contribution in [-0.2, 0) is 0 Å². The van der Waals surface area contributed by atoms with Crippen molar-refractivity contribution in [2.24, 2.45) is 0 Å². The van der Waals surface area contributed by atoms with Gasteiger partial charge in [-0.05, 0) is 30.3 Å². The molecule has 100 valence electrons. The van der Waals surface area contributed by atoms with E-state index in [4.69, 9.17) is 10.3 Å². The van der Waals surface area contributed by atoms with Gasteiger partial charge in [-0.3, -0.25) is 4.98 Å². The number of nitrogens with two attached hydrogens (primary N) is 1. The number of nitrogens with zero attached hydrogens (tertiary/aromatic N) is 2. The number of anilines is 1. The zero-order valence-corrected chi connectivity index (χ0v) is 10.2. The summed E-state index contributed by atoms with van der Waals surface area (Å²) >= 11 is 0. The molecule has 2 aromatic heterocycles. The number of halogens is 2. The number of hydrogen-bond donors (Lipinski definition) is 1. The van der Waals surface area contributed by atoms with Crippen LogP contribution in [-0.4, -0.2) is 10.1 Å². The lowest BCUT2D eigenvalue weighted by atomic mass is 10.0. The Morgan fingerprint density at radius 3 is 2.70 bits per heavy atom. The van der Waals surface area contributed by atoms with Crippen LogP contribution in [0.3, 0.4) is 0 Å². The molecule has 0 bridgehead atoms. The third-order valence-electron chi connectivity index (χ3n) is 2.81. The van der Waals surface area contributed by atoms with E-state index in [1.807, 2.05) is 0 Å². The molecule has 0 amide bonds. The molecular formula is C14H9F2N3O. The normalized spacial score (nSPS) is 10.7. The van der Waals surface area contributed by atoms with Crippen LogP contribution in [0.25, 0.3) is 22.6 Å². The quantitative estimate of drug-likeness (QED) is 0.778. The van der Waals surface area contributed by atoms with Crippen molar-refractivity contribution in [1.29, 1.82) is 0 Å². The van der Waals surface area contributed by atoms with Crippen molar-refractivity contribution in [3.05, 3.63) is 54.2 Å². The van der Waals surface area contributed by atoms with E-state index < -0.39 is 11.6 Å². The van der Waals surface area contributed by atoms with Crippen LogP contribution >= 0.6 is 0 Å². The number of hydrogen-bond acceptors (Lipinski definition) is 4. The number of aromatic nitrogens is 2. The fraction of sp³-hybridized carbons (Fsp3) is 0. The maximum atomic E-state index is 13.8. The zero-order valence-electron chi connectivity index (χ0n) is 10.2. The molecule has 0 unspecified atom stereocenters. The topological polar surface area (TPSA) is 64.9 Å². The SMILES string of the molecule is Nc1noc(-c2cc(F)ccc2F)c1-c1ccccn1. The minimum atomic E-state index is -0.625. The predicted octanol–water partition coefficient (Wildman–Crippen LogP) is 3.26. The van der Waals surface area contributed by atoms with E-state index in [0.29, 0.717) is 11.3 Å². The Bertz CT molecular complexity index is 756. The smallest absolute Gasteiger partial charge is 0.181 e. The van der Waals surface area contributed by atoms with Crippen molar-refractivity contribution in [2.45, 2.75) is 0 Å². The minimum Gasteiger partial charge on any atom is -0.380 e. The average molecular weight is 273 g/mol. The highest BCUT2D eigenvalue weighted by Gasteiger charge is 2.21. The van der Waals surface area contributed by atoms with E-state index in [1.54, 1.807) is 24.4 Å². The molecule has 2 heterocycles. The Labute approximate surface area is 112 Å². The molecule has 0 aliphatic carbocycles. The van der Waals surface area contributed by atoms with Crippen molar-refractivity contribution in [1.82, 2.24) is 10.1 Å². The maximum Gasteiger partial charge on any atom is 0.181 e. The first-order valence-electron chi connectivity index (χ1n) is 5.79. The molecular weight excluding hydrogens is 264 g/mol. The van der Waals surface area contributed by atoms with Crippen LogP contribution in [0, 0.1) is 11.6 Å². The second kappa shape index (κ2) is 4.73. The summed E-state index contributed by atoms with van der Waals surface area (Å²) in [6.45, 7) is 0. The van der Waals surface area contributed by atoms with Crippen LogP contribution in [0.15, 0.2) is 47.1 Å². The second-order valence-corrected chi connectivity index (χ2v) is 4.11. The fourth-order valence-electron chi connectivity index (χ4n) is 1.92. The highest BCUT2D eigenvalue weighted by atomic mass is 19.1. The first-order chi connectivity index (χ1) is 9.66. The van der Waals surface area contributed by atoms with Gasteiger partial charge >= 0.3 is 0 Å². The molecule has 0 spiro atoms. The summed E-state index contributed by atoms with van der Waals surface area (Å²) < 4.78 is 32.2. The highest BCUT2D eigenvalue weighted by Crippen LogP contribution is 2.36. The molecule has 0 saturated carbocycles. The highest BCUT2D eigenvalue weighted by molar-refractivity contribution is 5.84. The molecule has 0 aliphatic rings. The predicted molar refractivity (Wildman–Crippen MR) is 69.5 cm³/mol. The Morgan fingerprint density at radius 2 is 1.95 bits per heavy atom. The monoisotopic (exact) mass is 273 g/mol. The molecule has 1 aromatic carbocycles. The second-order valence-electron chi connectivity index (χ2n) is 4.11.